The molecule has 0 aliphatic heterocycles. The van der Waals surface area contributed by atoms with Gasteiger partial charge in [-0.15, -0.1) is 0 Å². The molecule has 0 unspecified atom stereocenters. The summed E-state index contributed by atoms with van der Waals surface area (Å²) < 4.78 is 0. The summed E-state index contributed by atoms with van der Waals surface area (Å²) >= 11 is 0. The van der Waals surface area contributed by atoms with Crippen molar-refractivity contribution in [3.05, 3.63) is 34.9 Å². The van der Waals surface area contributed by atoms with E-state index < -0.39 is 0 Å². The standard InChI is InChI=1S/C17H21NO3/c19-11-17(8-1-2-9-17)10-18-16(21)14-5-3-4-13-12(14)6-7-15(13)20/h3-5,19H,1-2,6-11H2,(H,18,21). The molecule has 112 valence electrons. The number of ketones is 1. The summed E-state index contributed by atoms with van der Waals surface area (Å²) in [6.45, 7) is 0.638. The van der Waals surface area contributed by atoms with Crippen LogP contribution in [0.25, 0.3) is 0 Å². The molecule has 3 rings (SSSR count). The quantitative estimate of drug-likeness (QED) is 0.891. The van der Waals surface area contributed by atoms with E-state index in [-0.39, 0.29) is 23.7 Å². The van der Waals surface area contributed by atoms with E-state index in [0.29, 0.717) is 30.5 Å². The minimum absolute atomic E-state index is 0.124. The van der Waals surface area contributed by atoms with Gasteiger partial charge in [-0.25, -0.2) is 0 Å². The fourth-order valence-electron chi connectivity index (χ4n) is 3.58. The zero-order valence-electron chi connectivity index (χ0n) is 12.2. The molecule has 1 saturated carbocycles. The fraction of sp³-hybridized carbons (Fsp3) is 0.529. The zero-order chi connectivity index (χ0) is 14.9. The van der Waals surface area contributed by atoms with Crippen LogP contribution in [0, 0.1) is 5.41 Å². The Balaban J connectivity index is 1.73. The van der Waals surface area contributed by atoms with Crippen LogP contribution in [-0.2, 0) is 6.42 Å². The van der Waals surface area contributed by atoms with E-state index in [9.17, 15) is 14.7 Å². The van der Waals surface area contributed by atoms with Crippen molar-refractivity contribution in [1.82, 2.24) is 5.32 Å². The Bertz CT molecular complexity index is 573. The molecule has 1 aromatic rings. The van der Waals surface area contributed by atoms with Crippen LogP contribution in [0.2, 0.25) is 0 Å². The monoisotopic (exact) mass is 287 g/mol. The van der Waals surface area contributed by atoms with Crippen LogP contribution in [0.4, 0.5) is 0 Å². The Hall–Kier alpha value is -1.68. The molecule has 2 N–H and O–H groups in total. The highest BCUT2D eigenvalue weighted by Crippen LogP contribution is 2.37. The molecule has 1 amide bonds. The van der Waals surface area contributed by atoms with Crippen molar-refractivity contribution in [1.29, 1.82) is 0 Å². The van der Waals surface area contributed by atoms with Crippen LogP contribution in [-0.4, -0.2) is 29.9 Å². The Morgan fingerprint density at radius 2 is 2.00 bits per heavy atom. The summed E-state index contributed by atoms with van der Waals surface area (Å²) in [6, 6.07) is 5.36. The maximum atomic E-state index is 12.4. The molecule has 0 atom stereocenters. The Kier molecular flexibility index (Phi) is 3.81. The lowest BCUT2D eigenvalue weighted by molar-refractivity contribution is 0.0879. The highest BCUT2D eigenvalue weighted by molar-refractivity contribution is 6.05. The van der Waals surface area contributed by atoms with Gasteiger partial charge in [0, 0.05) is 29.5 Å². The van der Waals surface area contributed by atoms with Crippen molar-refractivity contribution in [2.75, 3.05) is 13.2 Å². The van der Waals surface area contributed by atoms with Crippen LogP contribution >= 0.6 is 0 Å². The topological polar surface area (TPSA) is 66.4 Å². The normalized spacial score (nSPS) is 19.6. The number of hydrogen-bond acceptors (Lipinski definition) is 3. The number of Topliss-reactive ketones (excluding diaryl/α,β-unsaturated/α-hetero) is 1. The number of fused-ring (bicyclic) bond motifs is 1. The summed E-state index contributed by atoms with van der Waals surface area (Å²) in [6.07, 6.45) is 5.32. The second kappa shape index (κ2) is 5.60. The molecule has 0 heterocycles. The number of carbonyl (C=O) groups is 2. The van der Waals surface area contributed by atoms with Crippen molar-refractivity contribution in [2.45, 2.75) is 38.5 Å². The Morgan fingerprint density at radius 1 is 1.24 bits per heavy atom. The number of benzene rings is 1. The van der Waals surface area contributed by atoms with Gasteiger partial charge in [0.2, 0.25) is 0 Å². The van der Waals surface area contributed by atoms with E-state index >= 15 is 0 Å². The van der Waals surface area contributed by atoms with Crippen LogP contribution in [0.5, 0.6) is 0 Å². The summed E-state index contributed by atoms with van der Waals surface area (Å²) in [5, 5.41) is 12.6. The van der Waals surface area contributed by atoms with Crippen LogP contribution in [0.3, 0.4) is 0 Å². The van der Waals surface area contributed by atoms with Gasteiger partial charge in [0.1, 0.15) is 0 Å². The van der Waals surface area contributed by atoms with Crippen molar-refractivity contribution in [2.24, 2.45) is 5.41 Å². The molecule has 0 saturated heterocycles. The van der Waals surface area contributed by atoms with E-state index in [1.54, 1.807) is 18.2 Å². The lowest BCUT2D eigenvalue weighted by Gasteiger charge is -2.26. The molecule has 4 nitrogen and oxygen atoms in total. The highest BCUT2D eigenvalue weighted by atomic mass is 16.3. The lowest BCUT2D eigenvalue weighted by Crippen LogP contribution is -2.38. The van der Waals surface area contributed by atoms with Gasteiger partial charge < -0.3 is 10.4 Å². The van der Waals surface area contributed by atoms with Gasteiger partial charge in [-0.2, -0.15) is 0 Å². The molecule has 0 spiro atoms. The third kappa shape index (κ3) is 2.60. The highest BCUT2D eigenvalue weighted by Gasteiger charge is 2.34. The first-order valence-corrected chi connectivity index (χ1v) is 7.69. The molecule has 4 heteroatoms. The first kappa shape index (κ1) is 14.3. The second-order valence-corrected chi connectivity index (χ2v) is 6.30. The van der Waals surface area contributed by atoms with Gasteiger partial charge in [-0.1, -0.05) is 25.0 Å². The molecule has 2 aliphatic rings. The molecule has 1 aromatic carbocycles. The zero-order valence-corrected chi connectivity index (χ0v) is 12.2. The number of rotatable bonds is 4. The van der Waals surface area contributed by atoms with E-state index in [4.69, 9.17) is 0 Å². The summed E-state index contributed by atoms with van der Waals surface area (Å²) in [4.78, 5) is 24.2. The SMILES string of the molecule is O=C1CCc2c1cccc2C(=O)NCC1(CO)CCCC1. The van der Waals surface area contributed by atoms with E-state index in [1.165, 1.54) is 0 Å². The molecule has 0 aromatic heterocycles. The Morgan fingerprint density at radius 3 is 2.71 bits per heavy atom. The van der Waals surface area contributed by atoms with Crippen molar-refractivity contribution < 1.29 is 14.7 Å². The van der Waals surface area contributed by atoms with Gasteiger partial charge >= 0.3 is 0 Å². The predicted molar refractivity (Wildman–Crippen MR) is 79.4 cm³/mol. The number of aliphatic hydroxyl groups excluding tert-OH is 1. The number of carbonyl (C=O) groups excluding carboxylic acids is 2. The molecular formula is C17H21NO3. The number of amides is 1. The smallest absolute Gasteiger partial charge is 0.251 e. The van der Waals surface area contributed by atoms with Gasteiger partial charge in [0.25, 0.3) is 5.91 Å². The lowest BCUT2D eigenvalue weighted by atomic mass is 9.87. The number of hydrogen-bond donors (Lipinski definition) is 2. The average molecular weight is 287 g/mol. The predicted octanol–water partition coefficient (Wildman–Crippen LogP) is 2.10. The molecule has 0 radical (unpaired) electrons. The third-order valence-electron chi connectivity index (χ3n) is 4.95. The van der Waals surface area contributed by atoms with Crippen LogP contribution in [0.15, 0.2) is 18.2 Å². The number of aliphatic hydroxyl groups is 1. The van der Waals surface area contributed by atoms with E-state index in [1.807, 2.05) is 0 Å². The van der Waals surface area contributed by atoms with Crippen molar-refractivity contribution in [3.63, 3.8) is 0 Å². The van der Waals surface area contributed by atoms with Crippen LogP contribution < -0.4 is 5.32 Å². The maximum absolute atomic E-state index is 12.4. The van der Waals surface area contributed by atoms with Gasteiger partial charge in [0.15, 0.2) is 5.78 Å². The average Bonchev–Trinajstić information content (AvgIpc) is 3.13. The molecule has 21 heavy (non-hydrogen) atoms. The number of nitrogens with one attached hydrogen (secondary N) is 1. The molecule has 2 aliphatic carbocycles. The van der Waals surface area contributed by atoms with Crippen molar-refractivity contribution in [3.8, 4) is 0 Å². The van der Waals surface area contributed by atoms with E-state index in [0.717, 1.165) is 31.2 Å². The minimum atomic E-state index is -0.149. The van der Waals surface area contributed by atoms with Gasteiger partial charge in [-0.05, 0) is 30.9 Å². The maximum Gasteiger partial charge on any atom is 0.251 e. The third-order valence-corrected chi connectivity index (χ3v) is 4.95. The second-order valence-electron chi connectivity index (χ2n) is 6.30. The van der Waals surface area contributed by atoms with Gasteiger partial charge in [0.05, 0.1) is 6.61 Å². The summed E-state index contributed by atoms with van der Waals surface area (Å²) in [5.74, 6) is 0.00328. The summed E-state index contributed by atoms with van der Waals surface area (Å²) in [5.41, 5.74) is 2.04. The first-order valence-electron chi connectivity index (χ1n) is 7.69. The first-order chi connectivity index (χ1) is 10.2. The van der Waals surface area contributed by atoms with Gasteiger partial charge in [-0.3, -0.25) is 9.59 Å². The molecule has 1 fully saturated rings. The van der Waals surface area contributed by atoms with Crippen molar-refractivity contribution >= 4 is 11.7 Å². The molecule has 0 bridgehead atoms. The minimum Gasteiger partial charge on any atom is -0.396 e. The summed E-state index contributed by atoms with van der Waals surface area (Å²) in [7, 11) is 0. The van der Waals surface area contributed by atoms with Crippen LogP contribution in [0.1, 0.15) is 58.4 Å². The fourth-order valence-corrected chi connectivity index (χ4v) is 3.58. The largest absolute Gasteiger partial charge is 0.396 e. The Labute approximate surface area is 124 Å². The molecular weight excluding hydrogens is 266 g/mol. The van der Waals surface area contributed by atoms with E-state index in [2.05, 4.69) is 5.32 Å².